The molecule has 1 aliphatic heterocycles. The van der Waals surface area contributed by atoms with E-state index in [1.54, 1.807) is 0 Å². The molecule has 0 saturated carbocycles. The van der Waals surface area contributed by atoms with Crippen molar-refractivity contribution in [3.8, 4) is 0 Å². The van der Waals surface area contributed by atoms with E-state index in [4.69, 9.17) is 5.11 Å². The molecule has 20 heavy (non-hydrogen) atoms. The maximum atomic E-state index is 12.6. The van der Waals surface area contributed by atoms with Crippen LogP contribution in [-0.4, -0.2) is 40.9 Å². The van der Waals surface area contributed by atoms with Crippen LogP contribution in [0, 0.1) is 0 Å². The first-order chi connectivity index (χ1) is 9.34. The first-order valence-electron chi connectivity index (χ1n) is 6.57. The van der Waals surface area contributed by atoms with E-state index >= 15 is 0 Å². The highest BCUT2D eigenvalue weighted by atomic mass is 32.2. The van der Waals surface area contributed by atoms with Crippen LogP contribution in [-0.2, 0) is 10.0 Å². The zero-order valence-electron chi connectivity index (χ0n) is 11.5. The SMILES string of the molecule is CC1CCCC(C)N1S(=O)(=O)c1ccc(C(=O)O)cn1. The molecule has 0 aliphatic carbocycles. The van der Waals surface area contributed by atoms with Crippen LogP contribution < -0.4 is 0 Å². The van der Waals surface area contributed by atoms with Gasteiger partial charge in [-0.05, 0) is 38.8 Å². The average molecular weight is 298 g/mol. The van der Waals surface area contributed by atoms with Crippen LogP contribution in [0.2, 0.25) is 0 Å². The summed E-state index contributed by atoms with van der Waals surface area (Å²) in [6, 6.07) is 2.39. The number of aromatic nitrogens is 1. The van der Waals surface area contributed by atoms with Crippen LogP contribution in [0.4, 0.5) is 0 Å². The molecule has 0 spiro atoms. The molecule has 1 aromatic heterocycles. The number of hydrogen-bond acceptors (Lipinski definition) is 4. The Balaban J connectivity index is 2.36. The molecule has 0 bridgehead atoms. The van der Waals surface area contributed by atoms with Crippen LogP contribution in [0.1, 0.15) is 43.5 Å². The Hall–Kier alpha value is -1.47. The Kier molecular flexibility index (Phi) is 4.10. The third-order valence-electron chi connectivity index (χ3n) is 3.64. The molecule has 6 nitrogen and oxygen atoms in total. The van der Waals surface area contributed by atoms with Crippen molar-refractivity contribution in [2.75, 3.05) is 0 Å². The molecule has 2 rings (SSSR count). The molecule has 1 aliphatic rings. The fourth-order valence-electron chi connectivity index (χ4n) is 2.64. The number of carbonyl (C=O) groups is 1. The van der Waals surface area contributed by atoms with Crippen LogP contribution in [0.3, 0.4) is 0 Å². The molecule has 7 heteroatoms. The number of rotatable bonds is 3. The molecule has 0 aromatic carbocycles. The zero-order chi connectivity index (χ0) is 14.9. The van der Waals surface area contributed by atoms with Gasteiger partial charge in [-0.15, -0.1) is 0 Å². The lowest BCUT2D eigenvalue weighted by atomic mass is 10.0. The number of nitrogens with zero attached hydrogens (tertiary/aromatic N) is 2. The number of hydrogen-bond donors (Lipinski definition) is 1. The molecule has 2 heterocycles. The Morgan fingerprint density at radius 3 is 2.35 bits per heavy atom. The minimum Gasteiger partial charge on any atom is -0.478 e. The second-order valence-corrected chi connectivity index (χ2v) is 6.94. The molecule has 1 N–H and O–H groups in total. The van der Waals surface area contributed by atoms with E-state index in [1.807, 2.05) is 13.8 Å². The van der Waals surface area contributed by atoms with Crippen LogP contribution in [0.25, 0.3) is 0 Å². The van der Waals surface area contributed by atoms with E-state index in [-0.39, 0.29) is 22.7 Å². The van der Waals surface area contributed by atoms with Gasteiger partial charge in [0.2, 0.25) is 0 Å². The normalized spacial score (nSPS) is 24.5. The van der Waals surface area contributed by atoms with E-state index in [1.165, 1.54) is 16.4 Å². The second kappa shape index (κ2) is 5.49. The highest BCUT2D eigenvalue weighted by molar-refractivity contribution is 7.89. The van der Waals surface area contributed by atoms with Crippen molar-refractivity contribution in [3.05, 3.63) is 23.9 Å². The summed E-state index contributed by atoms with van der Waals surface area (Å²) in [6.07, 6.45) is 3.75. The number of sulfonamides is 1. The molecule has 2 atom stereocenters. The monoisotopic (exact) mass is 298 g/mol. The van der Waals surface area contributed by atoms with Crippen LogP contribution >= 0.6 is 0 Å². The minimum atomic E-state index is -3.67. The van der Waals surface area contributed by atoms with Crippen molar-refractivity contribution in [1.82, 2.24) is 9.29 Å². The van der Waals surface area contributed by atoms with Crippen LogP contribution in [0.5, 0.6) is 0 Å². The highest BCUT2D eigenvalue weighted by Crippen LogP contribution is 2.28. The lowest BCUT2D eigenvalue weighted by Crippen LogP contribution is -2.47. The van der Waals surface area contributed by atoms with Crippen LogP contribution in [0.15, 0.2) is 23.4 Å². The van der Waals surface area contributed by atoms with E-state index in [0.717, 1.165) is 25.5 Å². The first-order valence-corrected chi connectivity index (χ1v) is 8.01. The maximum absolute atomic E-state index is 12.6. The van der Waals surface area contributed by atoms with E-state index in [9.17, 15) is 13.2 Å². The second-order valence-electron chi connectivity index (χ2n) is 5.15. The van der Waals surface area contributed by atoms with Gasteiger partial charge in [0.1, 0.15) is 0 Å². The molecule has 110 valence electrons. The van der Waals surface area contributed by atoms with Crippen molar-refractivity contribution in [1.29, 1.82) is 0 Å². The fraction of sp³-hybridized carbons (Fsp3) is 0.538. The summed E-state index contributed by atoms with van der Waals surface area (Å²) in [4.78, 5) is 14.6. The summed E-state index contributed by atoms with van der Waals surface area (Å²) in [7, 11) is -3.67. The van der Waals surface area contributed by atoms with Crippen molar-refractivity contribution in [3.63, 3.8) is 0 Å². The fourth-order valence-corrected chi connectivity index (χ4v) is 4.44. The lowest BCUT2D eigenvalue weighted by molar-refractivity contribution is 0.0696. The van der Waals surface area contributed by atoms with Gasteiger partial charge in [-0.3, -0.25) is 0 Å². The summed E-state index contributed by atoms with van der Waals surface area (Å²) in [6.45, 7) is 3.78. The standard InChI is InChI=1S/C13H18N2O4S/c1-9-4-3-5-10(2)15(9)20(18,19)12-7-6-11(8-14-12)13(16)17/h6-10H,3-5H2,1-2H3,(H,16,17). The van der Waals surface area contributed by atoms with Crippen molar-refractivity contribution in [2.24, 2.45) is 0 Å². The Labute approximate surface area is 118 Å². The lowest BCUT2D eigenvalue weighted by Gasteiger charge is -2.37. The average Bonchev–Trinajstić information content (AvgIpc) is 2.38. The maximum Gasteiger partial charge on any atom is 0.337 e. The summed E-state index contributed by atoms with van der Waals surface area (Å²) in [5.41, 5.74) is -0.0244. The van der Waals surface area contributed by atoms with Crippen molar-refractivity contribution < 1.29 is 18.3 Å². The Morgan fingerprint density at radius 1 is 1.30 bits per heavy atom. The smallest absolute Gasteiger partial charge is 0.337 e. The van der Waals surface area contributed by atoms with Gasteiger partial charge in [-0.1, -0.05) is 6.42 Å². The van der Waals surface area contributed by atoms with E-state index in [0.29, 0.717) is 0 Å². The quantitative estimate of drug-likeness (QED) is 0.918. The highest BCUT2D eigenvalue weighted by Gasteiger charge is 2.36. The summed E-state index contributed by atoms with van der Waals surface area (Å²) < 4.78 is 26.7. The van der Waals surface area contributed by atoms with Gasteiger partial charge in [0, 0.05) is 18.3 Å². The predicted octanol–water partition coefficient (Wildman–Crippen LogP) is 1.73. The molecule has 1 fully saturated rings. The van der Waals surface area contributed by atoms with Gasteiger partial charge >= 0.3 is 5.97 Å². The predicted molar refractivity (Wildman–Crippen MR) is 73.0 cm³/mol. The van der Waals surface area contributed by atoms with E-state index < -0.39 is 16.0 Å². The molecule has 2 unspecified atom stereocenters. The largest absolute Gasteiger partial charge is 0.478 e. The van der Waals surface area contributed by atoms with Gasteiger partial charge in [0.25, 0.3) is 10.0 Å². The van der Waals surface area contributed by atoms with Gasteiger partial charge < -0.3 is 5.11 Å². The summed E-state index contributed by atoms with van der Waals surface area (Å²) in [5, 5.41) is 8.72. The van der Waals surface area contributed by atoms with E-state index in [2.05, 4.69) is 4.98 Å². The molecule has 1 aromatic rings. The summed E-state index contributed by atoms with van der Waals surface area (Å²) in [5.74, 6) is -1.12. The number of carboxylic acids is 1. The molecule has 0 radical (unpaired) electrons. The van der Waals surface area contributed by atoms with Gasteiger partial charge in [-0.25, -0.2) is 18.2 Å². The number of piperidine rings is 1. The number of pyridine rings is 1. The molecule has 0 amide bonds. The van der Waals surface area contributed by atoms with Gasteiger partial charge in [0.05, 0.1) is 5.56 Å². The van der Waals surface area contributed by atoms with Gasteiger partial charge in [0.15, 0.2) is 5.03 Å². The first kappa shape index (κ1) is 14.9. The molecule has 1 saturated heterocycles. The topological polar surface area (TPSA) is 87.6 Å². The minimum absolute atomic E-state index is 0.0244. The molecular weight excluding hydrogens is 280 g/mol. The Bertz CT molecular complexity index is 587. The zero-order valence-corrected chi connectivity index (χ0v) is 12.3. The third-order valence-corrected chi connectivity index (χ3v) is 5.68. The number of aromatic carboxylic acids is 1. The number of carboxylic acid groups (broad SMARTS) is 1. The Morgan fingerprint density at radius 2 is 1.90 bits per heavy atom. The molecular formula is C13H18N2O4S. The van der Waals surface area contributed by atoms with Crippen molar-refractivity contribution in [2.45, 2.75) is 50.2 Å². The third kappa shape index (κ3) is 2.69. The summed E-state index contributed by atoms with van der Waals surface area (Å²) >= 11 is 0. The van der Waals surface area contributed by atoms with Crippen molar-refractivity contribution >= 4 is 16.0 Å². The van der Waals surface area contributed by atoms with Gasteiger partial charge in [-0.2, -0.15) is 4.31 Å².